The molecule has 0 spiro atoms. The van der Waals surface area contributed by atoms with Gasteiger partial charge in [-0.2, -0.15) is 0 Å². The lowest BCUT2D eigenvalue weighted by molar-refractivity contribution is -0.140. The van der Waals surface area contributed by atoms with E-state index < -0.39 is 24.1 Å². The van der Waals surface area contributed by atoms with Crippen LogP contribution >= 0.6 is 0 Å². The number of carbonyl (C=O) groups is 2. The molecule has 84 valence electrons. The van der Waals surface area contributed by atoms with Gasteiger partial charge in [-0.1, -0.05) is 0 Å². The molecule has 0 amide bonds. The zero-order valence-electron chi connectivity index (χ0n) is 8.17. The summed E-state index contributed by atoms with van der Waals surface area (Å²) in [6, 6.07) is 0. The maximum atomic E-state index is 9.65. The highest BCUT2D eigenvalue weighted by Gasteiger charge is 2.00. The second-order valence-electron chi connectivity index (χ2n) is 2.89. The van der Waals surface area contributed by atoms with Gasteiger partial charge in [0.2, 0.25) is 0 Å². The Hall–Kier alpha value is -1.14. The highest BCUT2D eigenvalue weighted by atomic mass is 16.4. The van der Waals surface area contributed by atoms with E-state index in [0.29, 0.717) is 0 Å². The molecule has 14 heavy (non-hydrogen) atoms. The maximum absolute atomic E-state index is 9.65. The van der Waals surface area contributed by atoms with Crippen molar-refractivity contribution in [1.82, 2.24) is 0 Å². The quantitative estimate of drug-likeness (QED) is 0.503. The van der Waals surface area contributed by atoms with Gasteiger partial charge in [0, 0.05) is 0 Å². The molecule has 0 saturated carbocycles. The molecule has 0 heterocycles. The molecule has 0 aromatic heterocycles. The van der Waals surface area contributed by atoms with Crippen molar-refractivity contribution in [3.05, 3.63) is 0 Å². The number of aliphatic hydroxyl groups is 2. The molecule has 0 rings (SSSR count). The Bertz CT molecular complexity index is 155. The van der Waals surface area contributed by atoms with Gasteiger partial charge in [0.1, 0.15) is 0 Å². The standard InChI is InChI=1S/2C4H8O3/c2*1-3(5)2-4(6)7/h2*3,5H,2H2,1H3,(H,6,7)/t2*3-/m10/s1. The van der Waals surface area contributed by atoms with E-state index in [1.54, 1.807) is 0 Å². The summed E-state index contributed by atoms with van der Waals surface area (Å²) in [5, 5.41) is 32.5. The Morgan fingerprint density at radius 3 is 1.14 bits per heavy atom. The summed E-state index contributed by atoms with van der Waals surface area (Å²) in [5.74, 6) is -1.93. The minimum atomic E-state index is -0.963. The van der Waals surface area contributed by atoms with E-state index in [4.69, 9.17) is 20.4 Å². The Morgan fingerprint density at radius 1 is 0.929 bits per heavy atom. The van der Waals surface area contributed by atoms with E-state index in [1.807, 2.05) is 0 Å². The fourth-order valence-corrected chi connectivity index (χ4v) is 0.505. The fraction of sp³-hybridized carbons (Fsp3) is 0.750. The Balaban J connectivity index is 0. The van der Waals surface area contributed by atoms with Crippen LogP contribution in [0.25, 0.3) is 0 Å². The molecule has 6 nitrogen and oxygen atoms in total. The van der Waals surface area contributed by atoms with Gasteiger partial charge in [0.15, 0.2) is 0 Å². The average Bonchev–Trinajstić information content (AvgIpc) is 1.79. The summed E-state index contributed by atoms with van der Waals surface area (Å²) in [6.45, 7) is 2.88. The van der Waals surface area contributed by atoms with Crippen LogP contribution < -0.4 is 0 Å². The third-order valence-electron chi connectivity index (χ3n) is 0.940. The molecule has 0 aliphatic heterocycles. The predicted octanol–water partition coefficient (Wildman–Crippen LogP) is -0.316. The van der Waals surface area contributed by atoms with Crippen LogP contribution in [-0.4, -0.2) is 44.6 Å². The fourth-order valence-electron chi connectivity index (χ4n) is 0.505. The van der Waals surface area contributed by atoms with Crippen LogP contribution in [-0.2, 0) is 9.59 Å². The van der Waals surface area contributed by atoms with Crippen LogP contribution in [0.5, 0.6) is 0 Å². The lowest BCUT2D eigenvalue weighted by Gasteiger charge is -1.94. The average molecular weight is 208 g/mol. The predicted molar refractivity (Wildman–Crippen MR) is 47.9 cm³/mol. The number of hydrogen-bond acceptors (Lipinski definition) is 4. The van der Waals surface area contributed by atoms with Gasteiger partial charge in [-0.3, -0.25) is 9.59 Å². The largest absolute Gasteiger partial charge is 0.481 e. The van der Waals surface area contributed by atoms with E-state index in [0.717, 1.165) is 0 Å². The molecular weight excluding hydrogens is 192 g/mol. The van der Waals surface area contributed by atoms with Gasteiger partial charge in [-0.05, 0) is 13.8 Å². The van der Waals surface area contributed by atoms with E-state index in [1.165, 1.54) is 13.8 Å². The highest BCUT2D eigenvalue weighted by Crippen LogP contribution is 1.86. The van der Waals surface area contributed by atoms with Gasteiger partial charge in [0.25, 0.3) is 0 Å². The Morgan fingerprint density at radius 2 is 1.14 bits per heavy atom. The summed E-state index contributed by atoms with van der Waals surface area (Å²) in [5.41, 5.74) is 0. The van der Waals surface area contributed by atoms with Crippen molar-refractivity contribution in [1.29, 1.82) is 0 Å². The maximum Gasteiger partial charge on any atom is 0.305 e. The Labute approximate surface area is 81.8 Å². The Kier molecular flexibility index (Phi) is 9.27. The van der Waals surface area contributed by atoms with Crippen LogP contribution in [0.15, 0.2) is 0 Å². The van der Waals surface area contributed by atoms with E-state index in [-0.39, 0.29) is 12.8 Å². The molecule has 0 fully saturated rings. The van der Waals surface area contributed by atoms with Gasteiger partial charge in [-0.15, -0.1) is 0 Å². The first kappa shape index (κ1) is 15.3. The van der Waals surface area contributed by atoms with Crippen molar-refractivity contribution in [3.63, 3.8) is 0 Å². The lowest BCUT2D eigenvalue weighted by Crippen LogP contribution is -2.07. The summed E-state index contributed by atoms with van der Waals surface area (Å²) in [4.78, 5) is 19.3. The molecule has 0 aromatic carbocycles. The van der Waals surface area contributed by atoms with Crippen molar-refractivity contribution in [3.8, 4) is 0 Å². The molecule has 0 radical (unpaired) electrons. The number of aliphatic hydroxyl groups excluding tert-OH is 2. The van der Waals surface area contributed by atoms with Gasteiger partial charge < -0.3 is 20.4 Å². The molecule has 0 aromatic rings. The van der Waals surface area contributed by atoms with Crippen LogP contribution in [0.3, 0.4) is 0 Å². The smallest absolute Gasteiger partial charge is 0.305 e. The van der Waals surface area contributed by atoms with Gasteiger partial charge in [-0.25, -0.2) is 0 Å². The van der Waals surface area contributed by atoms with Crippen LogP contribution in [0.2, 0.25) is 0 Å². The van der Waals surface area contributed by atoms with Crippen molar-refractivity contribution >= 4 is 11.9 Å². The minimum absolute atomic E-state index is 0.167. The van der Waals surface area contributed by atoms with E-state index in [9.17, 15) is 9.59 Å². The normalized spacial score (nSPS) is 13.4. The van der Waals surface area contributed by atoms with E-state index in [2.05, 4.69) is 0 Å². The monoisotopic (exact) mass is 208 g/mol. The first-order valence-electron chi connectivity index (χ1n) is 4.05. The second-order valence-corrected chi connectivity index (χ2v) is 2.89. The van der Waals surface area contributed by atoms with Crippen molar-refractivity contribution in [2.45, 2.75) is 38.9 Å². The molecule has 0 saturated heterocycles. The topological polar surface area (TPSA) is 115 Å². The minimum Gasteiger partial charge on any atom is -0.481 e. The van der Waals surface area contributed by atoms with Crippen LogP contribution in [0.1, 0.15) is 26.7 Å². The van der Waals surface area contributed by atoms with Crippen LogP contribution in [0, 0.1) is 0 Å². The first-order chi connectivity index (χ1) is 6.25. The molecule has 6 heteroatoms. The molecular formula is C8H16O6. The van der Waals surface area contributed by atoms with Crippen LogP contribution in [0.4, 0.5) is 0 Å². The number of aliphatic carboxylic acids is 2. The number of carboxylic acid groups (broad SMARTS) is 2. The second kappa shape index (κ2) is 8.46. The first-order valence-corrected chi connectivity index (χ1v) is 4.05. The van der Waals surface area contributed by atoms with Gasteiger partial charge >= 0.3 is 11.9 Å². The van der Waals surface area contributed by atoms with Crippen molar-refractivity contribution < 1.29 is 30.0 Å². The molecule has 0 bridgehead atoms. The van der Waals surface area contributed by atoms with Crippen molar-refractivity contribution in [2.24, 2.45) is 0 Å². The number of rotatable bonds is 4. The summed E-state index contributed by atoms with van der Waals surface area (Å²) < 4.78 is 0. The number of hydrogen-bond donors (Lipinski definition) is 4. The SMILES string of the molecule is C[C@@H](O)CC(=O)O.C[C@H](O)CC(=O)O. The summed E-state index contributed by atoms with van der Waals surface area (Å²) in [6.07, 6.45) is -1.78. The van der Waals surface area contributed by atoms with Gasteiger partial charge in [0.05, 0.1) is 25.0 Å². The molecule has 0 aliphatic carbocycles. The highest BCUT2D eigenvalue weighted by molar-refractivity contribution is 5.67. The third-order valence-corrected chi connectivity index (χ3v) is 0.940. The molecule has 2 atom stereocenters. The van der Waals surface area contributed by atoms with E-state index >= 15 is 0 Å². The summed E-state index contributed by atoms with van der Waals surface area (Å²) in [7, 11) is 0. The molecule has 4 N–H and O–H groups in total. The zero-order valence-corrected chi connectivity index (χ0v) is 8.17. The van der Waals surface area contributed by atoms with Crippen molar-refractivity contribution in [2.75, 3.05) is 0 Å². The zero-order chi connectivity index (χ0) is 11.7. The molecule has 0 aliphatic rings. The summed E-state index contributed by atoms with van der Waals surface area (Å²) >= 11 is 0. The number of carboxylic acids is 2. The third kappa shape index (κ3) is 22.4. The molecule has 0 unspecified atom stereocenters. The lowest BCUT2D eigenvalue weighted by atomic mass is 10.3.